The normalized spacial score (nSPS) is 15.1. The van der Waals surface area contributed by atoms with Gasteiger partial charge in [-0.1, -0.05) is 6.07 Å². The van der Waals surface area contributed by atoms with Gasteiger partial charge < -0.3 is 19.6 Å². The van der Waals surface area contributed by atoms with E-state index in [1.165, 1.54) is 11.0 Å². The summed E-state index contributed by atoms with van der Waals surface area (Å²) in [5.74, 6) is -1.10. The number of carbonyl (C=O) groups is 2. The van der Waals surface area contributed by atoms with Crippen molar-refractivity contribution in [3.8, 4) is 0 Å². The van der Waals surface area contributed by atoms with E-state index in [2.05, 4.69) is 10.3 Å². The molecular formula is C16H19N3O5. The van der Waals surface area contributed by atoms with Gasteiger partial charge in [0.25, 0.3) is 0 Å². The number of aromatic nitrogens is 1. The molecule has 0 spiro atoms. The number of oxazole rings is 1. The molecule has 2 aromatic rings. The van der Waals surface area contributed by atoms with Crippen molar-refractivity contribution in [2.75, 3.05) is 18.0 Å². The van der Waals surface area contributed by atoms with Gasteiger partial charge in [0, 0.05) is 13.1 Å². The van der Waals surface area contributed by atoms with Crippen molar-refractivity contribution in [1.82, 2.24) is 10.3 Å². The summed E-state index contributed by atoms with van der Waals surface area (Å²) in [6.45, 7) is 6.50. The zero-order valence-corrected chi connectivity index (χ0v) is 13.7. The molecule has 1 aromatic heterocycles. The minimum Gasteiger partial charge on any atom is -0.478 e. The lowest BCUT2D eigenvalue weighted by atomic mass is 10.1. The van der Waals surface area contributed by atoms with Crippen LogP contribution in [0.3, 0.4) is 0 Å². The molecule has 1 saturated heterocycles. The first-order valence-electron chi connectivity index (χ1n) is 7.62. The predicted octanol–water partition coefficient (Wildman–Crippen LogP) is 2.24. The van der Waals surface area contributed by atoms with Gasteiger partial charge in [-0.25, -0.2) is 14.5 Å². The quantitative estimate of drug-likeness (QED) is 0.887. The Morgan fingerprint density at radius 3 is 2.62 bits per heavy atom. The van der Waals surface area contributed by atoms with Crippen LogP contribution in [0.15, 0.2) is 22.6 Å². The number of nitrogens with one attached hydrogen (secondary N) is 1. The van der Waals surface area contributed by atoms with Gasteiger partial charge in [0.05, 0.1) is 11.6 Å². The highest BCUT2D eigenvalue weighted by atomic mass is 16.6. The van der Waals surface area contributed by atoms with Gasteiger partial charge in [-0.2, -0.15) is 4.98 Å². The molecule has 1 aliphatic heterocycles. The van der Waals surface area contributed by atoms with E-state index in [0.717, 1.165) is 0 Å². The van der Waals surface area contributed by atoms with Gasteiger partial charge >= 0.3 is 18.1 Å². The Balaban J connectivity index is 2.02. The topological polar surface area (TPSA) is 105 Å². The fourth-order valence-corrected chi connectivity index (χ4v) is 2.36. The monoisotopic (exact) mass is 333 g/mol. The lowest BCUT2D eigenvalue weighted by Crippen LogP contribution is -2.60. The summed E-state index contributed by atoms with van der Waals surface area (Å²) in [6.07, 6.45) is -0.572. The SMILES string of the molecule is CC(C)(C)OC(=O)N(c1nc2c(C(=O)O)cccc2o1)C1CNC1. The van der Waals surface area contributed by atoms with Crippen LogP contribution < -0.4 is 10.2 Å². The van der Waals surface area contributed by atoms with Crippen LogP contribution in [0.5, 0.6) is 0 Å². The van der Waals surface area contributed by atoms with E-state index in [1.54, 1.807) is 32.9 Å². The molecule has 0 radical (unpaired) electrons. The molecule has 128 valence electrons. The number of carbonyl (C=O) groups excluding carboxylic acids is 1. The average Bonchev–Trinajstić information content (AvgIpc) is 2.83. The highest BCUT2D eigenvalue weighted by molar-refractivity contribution is 6.01. The number of carboxylic acid groups (broad SMARTS) is 1. The molecule has 0 aliphatic carbocycles. The highest BCUT2D eigenvalue weighted by Crippen LogP contribution is 2.28. The van der Waals surface area contributed by atoms with Crippen molar-refractivity contribution in [2.24, 2.45) is 0 Å². The number of fused-ring (bicyclic) bond motifs is 1. The van der Waals surface area contributed by atoms with E-state index in [4.69, 9.17) is 9.15 Å². The molecule has 0 saturated carbocycles. The van der Waals surface area contributed by atoms with Crippen LogP contribution in [0.4, 0.5) is 10.8 Å². The maximum Gasteiger partial charge on any atom is 0.418 e. The predicted molar refractivity (Wildman–Crippen MR) is 86.3 cm³/mol. The lowest BCUT2D eigenvalue weighted by molar-refractivity contribution is 0.0545. The molecular weight excluding hydrogens is 314 g/mol. The number of aromatic carboxylic acids is 1. The van der Waals surface area contributed by atoms with E-state index >= 15 is 0 Å². The molecule has 0 unspecified atom stereocenters. The van der Waals surface area contributed by atoms with Gasteiger partial charge in [0.15, 0.2) is 5.58 Å². The van der Waals surface area contributed by atoms with Crippen molar-refractivity contribution < 1.29 is 23.8 Å². The Kier molecular flexibility index (Phi) is 3.92. The molecule has 1 aromatic carbocycles. The van der Waals surface area contributed by atoms with E-state index < -0.39 is 17.7 Å². The molecule has 8 nitrogen and oxygen atoms in total. The minimum atomic E-state index is -1.10. The Hall–Kier alpha value is -2.61. The number of ether oxygens (including phenoxy) is 1. The lowest BCUT2D eigenvalue weighted by Gasteiger charge is -2.36. The molecule has 8 heteroatoms. The first kappa shape index (κ1) is 16.3. The number of nitrogens with zero attached hydrogens (tertiary/aromatic N) is 2. The summed E-state index contributed by atoms with van der Waals surface area (Å²) in [5.41, 5.74) is -0.116. The van der Waals surface area contributed by atoms with Crippen LogP contribution in [0, 0.1) is 0 Å². The third kappa shape index (κ3) is 3.05. The highest BCUT2D eigenvalue weighted by Gasteiger charge is 2.36. The Morgan fingerprint density at radius 2 is 2.08 bits per heavy atom. The van der Waals surface area contributed by atoms with E-state index in [9.17, 15) is 14.7 Å². The smallest absolute Gasteiger partial charge is 0.418 e. The fourth-order valence-electron chi connectivity index (χ4n) is 2.36. The van der Waals surface area contributed by atoms with Crippen molar-refractivity contribution in [3.05, 3.63) is 23.8 Å². The van der Waals surface area contributed by atoms with Gasteiger partial charge in [0.1, 0.15) is 11.1 Å². The second kappa shape index (κ2) is 5.79. The Bertz CT molecular complexity index is 789. The van der Waals surface area contributed by atoms with Gasteiger partial charge in [-0.05, 0) is 32.9 Å². The van der Waals surface area contributed by atoms with Crippen LogP contribution in [0.1, 0.15) is 31.1 Å². The standard InChI is InChI=1S/C16H19N3O5/c1-16(2,3)24-15(22)19(9-7-17-8-9)14-18-12-10(13(20)21)5-4-6-11(12)23-14/h4-6,9,17H,7-8H2,1-3H3,(H,20,21). The van der Waals surface area contributed by atoms with Crippen molar-refractivity contribution >= 4 is 29.2 Å². The first-order chi connectivity index (χ1) is 11.3. The number of para-hydroxylation sites is 1. The van der Waals surface area contributed by atoms with Crippen LogP contribution in [-0.4, -0.2) is 46.9 Å². The summed E-state index contributed by atoms with van der Waals surface area (Å²) in [5, 5.41) is 12.3. The largest absolute Gasteiger partial charge is 0.478 e. The van der Waals surface area contributed by atoms with Crippen molar-refractivity contribution in [3.63, 3.8) is 0 Å². The molecule has 1 amide bonds. The number of rotatable bonds is 3. The molecule has 1 fully saturated rings. The number of amides is 1. The average molecular weight is 333 g/mol. The third-order valence-corrected chi connectivity index (χ3v) is 3.56. The van der Waals surface area contributed by atoms with Gasteiger partial charge in [-0.15, -0.1) is 0 Å². The number of hydrogen-bond donors (Lipinski definition) is 2. The number of carboxylic acids is 1. The van der Waals surface area contributed by atoms with Gasteiger partial charge in [0.2, 0.25) is 0 Å². The molecule has 2 N–H and O–H groups in total. The number of hydrogen-bond acceptors (Lipinski definition) is 6. The molecule has 1 aliphatic rings. The fraction of sp³-hybridized carbons (Fsp3) is 0.438. The first-order valence-corrected chi connectivity index (χ1v) is 7.62. The second-order valence-electron chi connectivity index (χ2n) is 6.62. The molecule has 24 heavy (non-hydrogen) atoms. The summed E-state index contributed by atoms with van der Waals surface area (Å²) >= 11 is 0. The number of anilines is 1. The van der Waals surface area contributed by atoms with E-state index in [-0.39, 0.29) is 23.1 Å². The minimum absolute atomic E-state index is 0.0263. The zero-order valence-electron chi connectivity index (χ0n) is 13.7. The molecule has 3 rings (SSSR count). The van der Waals surface area contributed by atoms with E-state index in [1.807, 2.05) is 0 Å². The van der Waals surface area contributed by atoms with Crippen molar-refractivity contribution in [1.29, 1.82) is 0 Å². The van der Waals surface area contributed by atoms with Gasteiger partial charge in [-0.3, -0.25) is 0 Å². The molecule has 0 atom stereocenters. The summed E-state index contributed by atoms with van der Waals surface area (Å²) in [7, 11) is 0. The van der Waals surface area contributed by atoms with Crippen LogP contribution in [-0.2, 0) is 4.74 Å². The van der Waals surface area contributed by atoms with Crippen LogP contribution in [0.2, 0.25) is 0 Å². The summed E-state index contributed by atoms with van der Waals surface area (Å²) in [4.78, 5) is 29.4. The van der Waals surface area contributed by atoms with Crippen LogP contribution in [0.25, 0.3) is 11.1 Å². The molecule has 0 bridgehead atoms. The maximum absolute atomic E-state index is 12.5. The second-order valence-corrected chi connectivity index (χ2v) is 6.62. The zero-order chi connectivity index (χ0) is 17.5. The maximum atomic E-state index is 12.5. The van der Waals surface area contributed by atoms with Crippen molar-refractivity contribution in [2.45, 2.75) is 32.4 Å². The number of benzene rings is 1. The summed E-state index contributed by atoms with van der Waals surface area (Å²) < 4.78 is 11.1. The van der Waals surface area contributed by atoms with Crippen LogP contribution >= 0.6 is 0 Å². The Morgan fingerprint density at radius 1 is 1.38 bits per heavy atom. The van der Waals surface area contributed by atoms with E-state index in [0.29, 0.717) is 18.7 Å². The Labute approximate surface area is 138 Å². The summed E-state index contributed by atoms with van der Waals surface area (Å²) in [6, 6.07) is 4.52. The third-order valence-electron chi connectivity index (χ3n) is 3.56. The molecule has 2 heterocycles.